The first-order valence-electron chi connectivity index (χ1n) is 9.23. The number of rotatable bonds is 3. The second kappa shape index (κ2) is 7.85. The van der Waals surface area contributed by atoms with Crippen molar-refractivity contribution in [2.75, 3.05) is 36.5 Å². The molecule has 28 heavy (non-hydrogen) atoms. The fraction of sp³-hybridized carbons (Fsp3) is 0.300. The van der Waals surface area contributed by atoms with Crippen molar-refractivity contribution in [1.29, 1.82) is 0 Å². The van der Waals surface area contributed by atoms with E-state index < -0.39 is 6.29 Å². The molecule has 1 atom stereocenters. The molecule has 146 valence electrons. The molecule has 3 N–H and O–H groups in total. The molecule has 0 amide bonds. The fourth-order valence-electron chi connectivity index (χ4n) is 3.32. The first-order valence-corrected chi connectivity index (χ1v) is 9.23. The maximum absolute atomic E-state index is 13.7. The van der Waals surface area contributed by atoms with Crippen LogP contribution in [0.5, 0.6) is 0 Å². The Morgan fingerprint density at radius 1 is 1.14 bits per heavy atom. The van der Waals surface area contributed by atoms with Gasteiger partial charge in [-0.15, -0.1) is 0 Å². The summed E-state index contributed by atoms with van der Waals surface area (Å²) in [6, 6.07) is 14.4. The maximum Gasteiger partial charge on any atom is 0.222 e. The van der Waals surface area contributed by atoms with Crippen LogP contribution in [0, 0.1) is 12.7 Å². The molecule has 2 aromatic rings. The van der Waals surface area contributed by atoms with Gasteiger partial charge in [0, 0.05) is 24.5 Å². The van der Waals surface area contributed by atoms with Crippen molar-refractivity contribution in [2.45, 2.75) is 13.2 Å². The standard InChI is InChI=1S/C20H23FN6O/c1-14-4-2-7-17(12-14)27-19(23-16-6-3-5-15(21)13-16)24-18(22)25-20(27)26-8-10-28-11-9-26/h2-7,12-13,19,23H,8-11H2,1H3,(H2,22,24). The second-order valence-electron chi connectivity index (χ2n) is 6.74. The predicted molar refractivity (Wildman–Crippen MR) is 109 cm³/mol. The summed E-state index contributed by atoms with van der Waals surface area (Å²) in [7, 11) is 0. The number of anilines is 2. The molecule has 0 radical (unpaired) electrons. The van der Waals surface area contributed by atoms with Gasteiger partial charge in [-0.1, -0.05) is 18.2 Å². The average Bonchev–Trinajstić information content (AvgIpc) is 2.68. The average molecular weight is 382 g/mol. The topological polar surface area (TPSA) is 78.5 Å². The number of ether oxygens (including phenoxy) is 1. The molecule has 7 nitrogen and oxygen atoms in total. The number of hydrogen-bond acceptors (Lipinski definition) is 7. The molecule has 1 saturated heterocycles. The summed E-state index contributed by atoms with van der Waals surface area (Å²) in [5.41, 5.74) is 8.70. The number of hydrogen-bond donors (Lipinski definition) is 2. The van der Waals surface area contributed by atoms with Gasteiger partial charge in [-0.3, -0.25) is 4.90 Å². The van der Waals surface area contributed by atoms with Gasteiger partial charge in [0.2, 0.25) is 18.2 Å². The summed E-state index contributed by atoms with van der Waals surface area (Å²) in [5.74, 6) is 0.566. The maximum atomic E-state index is 13.7. The molecule has 2 aliphatic heterocycles. The van der Waals surface area contributed by atoms with Crippen LogP contribution in [0.2, 0.25) is 0 Å². The number of nitrogens with two attached hydrogens (primary N) is 1. The van der Waals surface area contributed by atoms with Gasteiger partial charge in [-0.25, -0.2) is 9.38 Å². The molecule has 0 aromatic heterocycles. The Bertz CT molecular complexity index is 909. The summed E-state index contributed by atoms with van der Waals surface area (Å²) >= 11 is 0. The van der Waals surface area contributed by atoms with Crippen molar-refractivity contribution >= 4 is 23.3 Å². The predicted octanol–water partition coefficient (Wildman–Crippen LogP) is 2.35. The number of nitrogens with zero attached hydrogens (tertiary/aromatic N) is 4. The van der Waals surface area contributed by atoms with E-state index in [-0.39, 0.29) is 11.8 Å². The van der Waals surface area contributed by atoms with Crippen LogP contribution in [0.1, 0.15) is 5.56 Å². The van der Waals surface area contributed by atoms with Crippen LogP contribution in [-0.4, -0.2) is 49.4 Å². The third-order valence-corrected chi connectivity index (χ3v) is 4.62. The molecule has 0 bridgehead atoms. The first kappa shape index (κ1) is 18.2. The molecule has 0 spiro atoms. The van der Waals surface area contributed by atoms with Gasteiger partial charge in [0.1, 0.15) is 5.82 Å². The van der Waals surface area contributed by atoms with Gasteiger partial charge < -0.3 is 20.7 Å². The van der Waals surface area contributed by atoms with Crippen molar-refractivity contribution in [3.05, 3.63) is 59.9 Å². The minimum Gasteiger partial charge on any atom is -0.378 e. The van der Waals surface area contributed by atoms with Crippen molar-refractivity contribution < 1.29 is 9.13 Å². The molecular weight excluding hydrogens is 359 g/mol. The zero-order chi connectivity index (χ0) is 19.5. The van der Waals surface area contributed by atoms with Gasteiger partial charge in [0.05, 0.1) is 13.2 Å². The monoisotopic (exact) mass is 382 g/mol. The molecule has 4 rings (SSSR count). The van der Waals surface area contributed by atoms with E-state index in [4.69, 9.17) is 10.5 Å². The summed E-state index contributed by atoms with van der Waals surface area (Å²) in [5, 5.41) is 3.27. The Hall–Kier alpha value is -3.13. The van der Waals surface area contributed by atoms with Crippen LogP contribution in [-0.2, 0) is 4.74 Å². The number of aliphatic imine (C=N–C) groups is 2. The van der Waals surface area contributed by atoms with Gasteiger partial charge >= 0.3 is 0 Å². The largest absolute Gasteiger partial charge is 0.378 e. The van der Waals surface area contributed by atoms with Crippen LogP contribution in [0.15, 0.2) is 58.5 Å². The molecule has 1 unspecified atom stereocenters. The quantitative estimate of drug-likeness (QED) is 0.852. The highest BCUT2D eigenvalue weighted by molar-refractivity contribution is 6.06. The van der Waals surface area contributed by atoms with E-state index >= 15 is 0 Å². The highest BCUT2D eigenvalue weighted by Gasteiger charge is 2.32. The number of aryl methyl sites for hydroxylation is 1. The first-order chi connectivity index (χ1) is 13.6. The summed E-state index contributed by atoms with van der Waals surface area (Å²) < 4.78 is 19.2. The van der Waals surface area contributed by atoms with E-state index in [1.807, 2.05) is 30.0 Å². The SMILES string of the molecule is Cc1cccc(N2C(N3CCOCC3)=NC(N)=NC2Nc2cccc(F)c2)c1. The summed E-state index contributed by atoms with van der Waals surface area (Å²) in [4.78, 5) is 13.1. The fourth-order valence-corrected chi connectivity index (χ4v) is 3.32. The van der Waals surface area contributed by atoms with Crippen molar-refractivity contribution in [3.63, 3.8) is 0 Å². The molecule has 2 heterocycles. The lowest BCUT2D eigenvalue weighted by Gasteiger charge is -2.41. The van der Waals surface area contributed by atoms with Crippen molar-refractivity contribution in [2.24, 2.45) is 15.7 Å². The van der Waals surface area contributed by atoms with Crippen LogP contribution in [0.4, 0.5) is 15.8 Å². The van der Waals surface area contributed by atoms with Crippen molar-refractivity contribution in [3.8, 4) is 0 Å². The highest BCUT2D eigenvalue weighted by atomic mass is 19.1. The Balaban J connectivity index is 1.73. The molecule has 8 heteroatoms. The number of guanidine groups is 2. The van der Waals surface area contributed by atoms with Crippen molar-refractivity contribution in [1.82, 2.24) is 4.90 Å². The zero-order valence-electron chi connectivity index (χ0n) is 15.7. The molecule has 2 aromatic carbocycles. The van der Waals surface area contributed by atoms with Gasteiger partial charge in [0.25, 0.3) is 0 Å². The van der Waals surface area contributed by atoms with E-state index in [0.717, 1.165) is 11.3 Å². The minimum absolute atomic E-state index is 0.180. The van der Waals surface area contributed by atoms with Gasteiger partial charge in [-0.05, 0) is 42.8 Å². The normalized spacial score (nSPS) is 19.9. The van der Waals surface area contributed by atoms with E-state index in [0.29, 0.717) is 38.0 Å². The lowest BCUT2D eigenvalue weighted by molar-refractivity contribution is 0.0671. The van der Waals surface area contributed by atoms with Gasteiger partial charge in [0.15, 0.2) is 0 Å². The van der Waals surface area contributed by atoms with Gasteiger partial charge in [-0.2, -0.15) is 4.99 Å². The van der Waals surface area contributed by atoms with E-state index in [2.05, 4.69) is 26.3 Å². The summed E-state index contributed by atoms with van der Waals surface area (Å²) in [6.07, 6.45) is -0.557. The smallest absolute Gasteiger partial charge is 0.222 e. The Kier molecular flexibility index (Phi) is 5.12. The second-order valence-corrected chi connectivity index (χ2v) is 6.74. The van der Waals surface area contributed by atoms with Crippen LogP contribution < -0.4 is 16.0 Å². The number of morpholine rings is 1. The number of halogens is 1. The Morgan fingerprint density at radius 2 is 1.93 bits per heavy atom. The number of benzene rings is 2. The summed E-state index contributed by atoms with van der Waals surface area (Å²) in [6.45, 7) is 4.70. The molecule has 1 fully saturated rings. The Labute approximate surface area is 163 Å². The Morgan fingerprint density at radius 3 is 2.68 bits per heavy atom. The van der Waals surface area contributed by atoms with E-state index in [9.17, 15) is 4.39 Å². The van der Waals surface area contributed by atoms with Crippen LogP contribution in [0.25, 0.3) is 0 Å². The van der Waals surface area contributed by atoms with Crippen LogP contribution >= 0.6 is 0 Å². The zero-order valence-corrected chi connectivity index (χ0v) is 15.7. The third kappa shape index (κ3) is 3.91. The third-order valence-electron chi connectivity index (χ3n) is 4.62. The van der Waals surface area contributed by atoms with E-state index in [1.54, 1.807) is 12.1 Å². The molecular formula is C20H23FN6O. The lowest BCUT2D eigenvalue weighted by Crippen LogP contribution is -2.57. The van der Waals surface area contributed by atoms with Crippen LogP contribution in [0.3, 0.4) is 0 Å². The highest BCUT2D eigenvalue weighted by Crippen LogP contribution is 2.25. The molecule has 2 aliphatic rings. The minimum atomic E-state index is -0.557. The molecule has 0 saturated carbocycles. The molecule has 0 aliphatic carbocycles. The number of nitrogens with one attached hydrogen (secondary N) is 1. The van der Waals surface area contributed by atoms with E-state index in [1.165, 1.54) is 12.1 Å². The lowest BCUT2D eigenvalue weighted by atomic mass is 10.2.